The van der Waals surface area contributed by atoms with E-state index in [4.69, 9.17) is 14.2 Å². The zero-order chi connectivity index (χ0) is 42.3. The van der Waals surface area contributed by atoms with E-state index in [-0.39, 0.29) is 31.1 Å². The smallest absolute Gasteiger partial charge is 0.306 e. The second-order valence-electron chi connectivity index (χ2n) is 16.7. The Labute approximate surface area is 359 Å². The van der Waals surface area contributed by atoms with Gasteiger partial charge in [-0.3, -0.25) is 14.4 Å². The van der Waals surface area contributed by atoms with Crippen LogP contribution in [0.5, 0.6) is 0 Å². The number of carbonyl (C=O) groups is 3. The third kappa shape index (κ3) is 44.7. The largest absolute Gasteiger partial charge is 0.462 e. The molecule has 0 rings (SSSR count). The van der Waals surface area contributed by atoms with E-state index in [1.165, 1.54) is 141 Å². The maximum Gasteiger partial charge on any atom is 0.306 e. The Morgan fingerprint density at radius 3 is 0.983 bits per heavy atom. The Kier molecular flexibility index (Phi) is 45.4. The van der Waals surface area contributed by atoms with Crippen molar-refractivity contribution in [1.82, 2.24) is 0 Å². The van der Waals surface area contributed by atoms with Crippen molar-refractivity contribution in [3.63, 3.8) is 0 Å². The van der Waals surface area contributed by atoms with E-state index in [1.807, 2.05) is 0 Å². The van der Waals surface area contributed by atoms with E-state index in [2.05, 4.69) is 57.2 Å². The quantitative estimate of drug-likeness (QED) is 0.0264. The molecule has 0 amide bonds. The molecule has 0 heterocycles. The fourth-order valence-corrected chi connectivity index (χ4v) is 7.05. The average molecular weight is 815 g/mol. The van der Waals surface area contributed by atoms with Crippen LogP contribution in [0.1, 0.15) is 258 Å². The normalized spacial score (nSPS) is 12.3. The second-order valence-corrected chi connectivity index (χ2v) is 16.7. The van der Waals surface area contributed by atoms with Crippen molar-refractivity contribution in [1.29, 1.82) is 0 Å². The molecule has 1 unspecified atom stereocenters. The highest BCUT2D eigenvalue weighted by molar-refractivity contribution is 5.71. The number of hydrogen-bond acceptors (Lipinski definition) is 6. The molecule has 0 aliphatic carbocycles. The van der Waals surface area contributed by atoms with Crippen molar-refractivity contribution < 1.29 is 28.6 Å². The molecule has 0 aliphatic rings. The highest BCUT2D eigenvalue weighted by Gasteiger charge is 2.19. The summed E-state index contributed by atoms with van der Waals surface area (Å²) in [6, 6.07) is 0. The summed E-state index contributed by atoms with van der Waals surface area (Å²) in [7, 11) is 0. The predicted molar refractivity (Wildman–Crippen MR) is 247 cm³/mol. The molecule has 0 spiro atoms. The van der Waals surface area contributed by atoms with Crippen LogP contribution < -0.4 is 0 Å². The lowest BCUT2D eigenvalue weighted by atomic mass is 10.1. The standard InChI is InChI=1S/C52H94O6/c1-4-7-10-13-15-17-19-21-23-25-27-28-30-32-34-36-39-42-45-51(54)57-48-49(47-56-50(53)44-41-38-12-9-6-3)58-52(55)46-43-40-37-35-33-31-29-26-24-22-20-18-16-14-11-8-5-2/h17,19,22-25,49H,4-16,18,20-21,26-48H2,1-3H3/b19-17-,24-22-,25-23-. The number of ether oxygens (including phenoxy) is 3. The molecule has 0 bridgehead atoms. The predicted octanol–water partition coefficient (Wildman–Crippen LogP) is 16.1. The van der Waals surface area contributed by atoms with Gasteiger partial charge < -0.3 is 14.2 Å². The van der Waals surface area contributed by atoms with Gasteiger partial charge in [-0.05, 0) is 77.0 Å². The summed E-state index contributed by atoms with van der Waals surface area (Å²) in [6.07, 6.45) is 54.4. The summed E-state index contributed by atoms with van der Waals surface area (Å²) in [5.41, 5.74) is 0. The Morgan fingerprint density at radius 1 is 0.345 bits per heavy atom. The summed E-state index contributed by atoms with van der Waals surface area (Å²) in [4.78, 5) is 37.6. The SMILES string of the molecule is CCCCCC/C=C\C/C=C\CCCCCCCCCC(=O)OCC(COC(=O)CCCCCCC)OC(=O)CCCCCCCCC/C=C\CCCCCCCC. The van der Waals surface area contributed by atoms with Crippen LogP contribution in [-0.4, -0.2) is 37.2 Å². The minimum atomic E-state index is -0.771. The zero-order valence-electron chi connectivity index (χ0n) is 38.6. The van der Waals surface area contributed by atoms with Crippen LogP contribution in [0.25, 0.3) is 0 Å². The van der Waals surface area contributed by atoms with Crippen LogP contribution in [0.4, 0.5) is 0 Å². The van der Waals surface area contributed by atoms with Crippen molar-refractivity contribution in [3.05, 3.63) is 36.5 Å². The summed E-state index contributed by atoms with van der Waals surface area (Å²) in [6.45, 7) is 6.54. The first kappa shape index (κ1) is 55.6. The van der Waals surface area contributed by atoms with Crippen molar-refractivity contribution in [2.45, 2.75) is 264 Å². The molecule has 0 fully saturated rings. The fourth-order valence-electron chi connectivity index (χ4n) is 7.05. The lowest BCUT2D eigenvalue weighted by Gasteiger charge is -2.18. The molecule has 58 heavy (non-hydrogen) atoms. The van der Waals surface area contributed by atoms with Crippen molar-refractivity contribution in [2.75, 3.05) is 13.2 Å². The van der Waals surface area contributed by atoms with Gasteiger partial charge in [0.05, 0.1) is 0 Å². The van der Waals surface area contributed by atoms with Gasteiger partial charge in [-0.2, -0.15) is 0 Å². The molecule has 0 aromatic carbocycles. The van der Waals surface area contributed by atoms with Gasteiger partial charge in [0.25, 0.3) is 0 Å². The number of rotatable bonds is 45. The van der Waals surface area contributed by atoms with E-state index in [9.17, 15) is 14.4 Å². The first-order chi connectivity index (χ1) is 28.5. The highest BCUT2D eigenvalue weighted by Crippen LogP contribution is 2.14. The van der Waals surface area contributed by atoms with Crippen molar-refractivity contribution in [3.8, 4) is 0 Å². The van der Waals surface area contributed by atoms with Crippen LogP contribution in [-0.2, 0) is 28.6 Å². The van der Waals surface area contributed by atoms with Crippen LogP contribution in [0.15, 0.2) is 36.5 Å². The van der Waals surface area contributed by atoms with E-state index in [1.54, 1.807) is 0 Å². The van der Waals surface area contributed by atoms with E-state index >= 15 is 0 Å². The molecule has 0 aliphatic heterocycles. The van der Waals surface area contributed by atoms with Crippen LogP contribution in [0, 0.1) is 0 Å². The molecule has 338 valence electrons. The number of carbonyl (C=O) groups excluding carboxylic acids is 3. The number of allylic oxidation sites excluding steroid dienone is 6. The number of esters is 3. The minimum absolute atomic E-state index is 0.0763. The fraction of sp³-hybridized carbons (Fsp3) is 0.827. The first-order valence-corrected chi connectivity index (χ1v) is 25.0. The summed E-state index contributed by atoms with van der Waals surface area (Å²) in [5, 5.41) is 0. The van der Waals surface area contributed by atoms with Gasteiger partial charge in [0.15, 0.2) is 6.10 Å². The molecule has 6 heteroatoms. The zero-order valence-corrected chi connectivity index (χ0v) is 38.6. The molecule has 0 N–H and O–H groups in total. The van der Waals surface area contributed by atoms with Gasteiger partial charge in [-0.25, -0.2) is 0 Å². The first-order valence-electron chi connectivity index (χ1n) is 25.0. The van der Waals surface area contributed by atoms with Crippen molar-refractivity contribution in [2.24, 2.45) is 0 Å². The Morgan fingerprint density at radius 2 is 0.621 bits per heavy atom. The number of hydrogen-bond donors (Lipinski definition) is 0. The molecule has 0 aromatic rings. The van der Waals surface area contributed by atoms with Crippen LogP contribution >= 0.6 is 0 Å². The molecular formula is C52H94O6. The van der Waals surface area contributed by atoms with E-state index in [0.29, 0.717) is 19.3 Å². The van der Waals surface area contributed by atoms with Gasteiger partial charge in [-0.15, -0.1) is 0 Å². The molecule has 6 nitrogen and oxygen atoms in total. The van der Waals surface area contributed by atoms with Gasteiger partial charge in [0.1, 0.15) is 13.2 Å². The molecule has 0 aromatic heterocycles. The van der Waals surface area contributed by atoms with E-state index in [0.717, 1.165) is 77.0 Å². The maximum atomic E-state index is 12.7. The minimum Gasteiger partial charge on any atom is -0.462 e. The van der Waals surface area contributed by atoms with Crippen molar-refractivity contribution >= 4 is 17.9 Å². The molecule has 1 atom stereocenters. The molecule has 0 saturated carbocycles. The third-order valence-electron chi connectivity index (χ3n) is 10.9. The lowest BCUT2D eigenvalue weighted by Crippen LogP contribution is -2.30. The Bertz CT molecular complexity index is 984. The molecular weight excluding hydrogens is 721 g/mol. The Balaban J connectivity index is 4.18. The second kappa shape index (κ2) is 47.3. The van der Waals surface area contributed by atoms with E-state index < -0.39 is 6.10 Å². The van der Waals surface area contributed by atoms with Gasteiger partial charge in [0, 0.05) is 19.3 Å². The Hall–Kier alpha value is -2.37. The summed E-state index contributed by atoms with van der Waals surface area (Å²) in [5.74, 6) is -0.896. The van der Waals surface area contributed by atoms with Gasteiger partial charge in [0.2, 0.25) is 0 Å². The molecule has 0 radical (unpaired) electrons. The van der Waals surface area contributed by atoms with Crippen LogP contribution in [0.3, 0.4) is 0 Å². The molecule has 0 saturated heterocycles. The topological polar surface area (TPSA) is 78.9 Å². The summed E-state index contributed by atoms with van der Waals surface area (Å²) < 4.78 is 16.6. The van der Waals surface area contributed by atoms with Gasteiger partial charge in [-0.1, -0.05) is 198 Å². The highest BCUT2D eigenvalue weighted by atomic mass is 16.6. The third-order valence-corrected chi connectivity index (χ3v) is 10.9. The summed E-state index contributed by atoms with van der Waals surface area (Å²) >= 11 is 0. The number of unbranched alkanes of at least 4 members (excludes halogenated alkanes) is 28. The monoisotopic (exact) mass is 815 g/mol. The van der Waals surface area contributed by atoms with Gasteiger partial charge >= 0.3 is 17.9 Å². The lowest BCUT2D eigenvalue weighted by molar-refractivity contribution is -0.167. The van der Waals surface area contributed by atoms with Crippen LogP contribution in [0.2, 0.25) is 0 Å². The average Bonchev–Trinajstić information content (AvgIpc) is 3.22. The maximum absolute atomic E-state index is 12.7.